The highest BCUT2D eigenvalue weighted by Crippen LogP contribution is 2.33. The van der Waals surface area contributed by atoms with Crippen LogP contribution in [0.15, 0.2) is 77.2 Å². The fourth-order valence-electron chi connectivity index (χ4n) is 3.58. The molecule has 1 aromatic heterocycles. The Bertz CT molecular complexity index is 1280. The second-order valence-corrected chi connectivity index (χ2v) is 8.47. The molecule has 1 amide bonds. The molecular formula is C28H27NO4. The predicted octanol–water partition coefficient (Wildman–Crippen LogP) is 6.50. The zero-order chi connectivity index (χ0) is 23.5. The van der Waals surface area contributed by atoms with Gasteiger partial charge in [0, 0.05) is 10.9 Å². The van der Waals surface area contributed by atoms with Crippen molar-refractivity contribution in [2.75, 3.05) is 5.32 Å². The van der Waals surface area contributed by atoms with Gasteiger partial charge in [-0.15, -0.1) is 0 Å². The van der Waals surface area contributed by atoms with Gasteiger partial charge in [-0.05, 0) is 49.6 Å². The maximum Gasteiger partial charge on any atom is 0.265 e. The number of hydrogen-bond donors (Lipinski definition) is 1. The molecule has 0 spiro atoms. The van der Waals surface area contributed by atoms with Crippen molar-refractivity contribution in [2.24, 2.45) is 0 Å². The van der Waals surface area contributed by atoms with Gasteiger partial charge in [0.2, 0.25) is 5.78 Å². The van der Waals surface area contributed by atoms with Crippen LogP contribution in [0.2, 0.25) is 0 Å². The van der Waals surface area contributed by atoms with Crippen LogP contribution in [-0.2, 0) is 4.79 Å². The summed E-state index contributed by atoms with van der Waals surface area (Å²) in [5.41, 5.74) is 3.62. The molecule has 0 aliphatic carbocycles. The zero-order valence-electron chi connectivity index (χ0n) is 19.2. The largest absolute Gasteiger partial charge is 0.481 e. The van der Waals surface area contributed by atoms with Crippen molar-refractivity contribution in [3.8, 4) is 5.75 Å². The summed E-state index contributed by atoms with van der Waals surface area (Å²) in [6, 6.07) is 22.2. The van der Waals surface area contributed by atoms with Crippen molar-refractivity contribution < 1.29 is 18.7 Å². The standard InChI is InChI=1S/C28H27NO4/c1-17(2)20-13-15-22(16-14-20)32-19(4)28(31)29-25-23-7-5-6-8-24(23)33-27(25)26(30)21-11-9-18(3)10-12-21/h5-17,19H,1-4H3,(H,29,31). The average molecular weight is 442 g/mol. The normalized spacial score (nSPS) is 12.0. The molecule has 168 valence electrons. The Morgan fingerprint density at radius 3 is 2.21 bits per heavy atom. The number of ketones is 1. The minimum atomic E-state index is -0.772. The summed E-state index contributed by atoms with van der Waals surface area (Å²) in [5, 5.41) is 3.53. The number of amides is 1. The number of rotatable bonds is 7. The van der Waals surface area contributed by atoms with Gasteiger partial charge in [-0.3, -0.25) is 9.59 Å². The first-order chi connectivity index (χ1) is 15.8. The van der Waals surface area contributed by atoms with Crippen LogP contribution in [0, 0.1) is 6.92 Å². The molecule has 33 heavy (non-hydrogen) atoms. The minimum Gasteiger partial charge on any atom is -0.481 e. The van der Waals surface area contributed by atoms with E-state index in [-0.39, 0.29) is 17.5 Å². The number of benzene rings is 3. The van der Waals surface area contributed by atoms with Gasteiger partial charge >= 0.3 is 0 Å². The molecule has 1 atom stereocenters. The first-order valence-corrected chi connectivity index (χ1v) is 11.0. The summed E-state index contributed by atoms with van der Waals surface area (Å²) in [7, 11) is 0. The third-order valence-electron chi connectivity index (χ3n) is 5.59. The Hall–Kier alpha value is -3.86. The molecule has 0 aliphatic rings. The van der Waals surface area contributed by atoms with Gasteiger partial charge in [0.05, 0.1) is 5.69 Å². The Labute approximate surface area is 193 Å². The third-order valence-corrected chi connectivity index (χ3v) is 5.59. The van der Waals surface area contributed by atoms with Crippen molar-refractivity contribution in [3.63, 3.8) is 0 Å². The molecule has 1 unspecified atom stereocenters. The fraction of sp³-hybridized carbons (Fsp3) is 0.214. The summed E-state index contributed by atoms with van der Waals surface area (Å²) < 4.78 is 11.7. The van der Waals surface area contributed by atoms with Crippen molar-refractivity contribution in [3.05, 3.63) is 95.2 Å². The van der Waals surface area contributed by atoms with Gasteiger partial charge in [0.15, 0.2) is 11.9 Å². The van der Waals surface area contributed by atoms with Crippen LogP contribution >= 0.6 is 0 Å². The van der Waals surface area contributed by atoms with Crippen molar-refractivity contribution in [2.45, 2.75) is 39.7 Å². The van der Waals surface area contributed by atoms with E-state index in [1.165, 1.54) is 5.56 Å². The van der Waals surface area contributed by atoms with Gasteiger partial charge in [-0.1, -0.05) is 67.9 Å². The molecule has 1 heterocycles. The van der Waals surface area contributed by atoms with Crippen LogP contribution in [-0.4, -0.2) is 17.8 Å². The summed E-state index contributed by atoms with van der Waals surface area (Å²) >= 11 is 0. The number of fused-ring (bicyclic) bond motifs is 1. The number of carbonyl (C=O) groups is 2. The molecule has 0 saturated carbocycles. The number of para-hydroxylation sites is 1. The number of furan rings is 1. The lowest BCUT2D eigenvalue weighted by Crippen LogP contribution is -2.30. The lowest BCUT2D eigenvalue weighted by atomic mass is 10.0. The van der Waals surface area contributed by atoms with Gasteiger partial charge in [-0.25, -0.2) is 0 Å². The van der Waals surface area contributed by atoms with Crippen LogP contribution in [0.5, 0.6) is 5.75 Å². The quantitative estimate of drug-likeness (QED) is 0.332. The molecule has 0 radical (unpaired) electrons. The van der Waals surface area contributed by atoms with Crippen molar-refractivity contribution >= 4 is 28.3 Å². The predicted molar refractivity (Wildman–Crippen MR) is 130 cm³/mol. The summed E-state index contributed by atoms with van der Waals surface area (Å²) in [5.74, 6) is 0.461. The number of hydrogen-bond acceptors (Lipinski definition) is 4. The van der Waals surface area contributed by atoms with Crippen LogP contribution < -0.4 is 10.1 Å². The van der Waals surface area contributed by atoms with Crippen LogP contribution in [0.3, 0.4) is 0 Å². The number of nitrogens with one attached hydrogen (secondary N) is 1. The summed E-state index contributed by atoms with van der Waals surface area (Å²) in [4.78, 5) is 26.2. The van der Waals surface area contributed by atoms with E-state index >= 15 is 0 Å². The van der Waals surface area contributed by atoms with E-state index in [0.29, 0.717) is 33.9 Å². The fourth-order valence-corrected chi connectivity index (χ4v) is 3.58. The number of carbonyl (C=O) groups excluding carboxylic acids is 2. The maximum atomic E-state index is 13.2. The molecule has 0 saturated heterocycles. The molecule has 3 aromatic carbocycles. The first kappa shape index (κ1) is 22.3. The highest BCUT2D eigenvalue weighted by atomic mass is 16.5. The molecule has 5 heteroatoms. The van der Waals surface area contributed by atoms with Crippen LogP contribution in [0.1, 0.15) is 53.9 Å². The van der Waals surface area contributed by atoms with E-state index in [9.17, 15) is 9.59 Å². The Balaban J connectivity index is 1.59. The minimum absolute atomic E-state index is 0.0990. The molecule has 0 aliphatic heterocycles. The summed E-state index contributed by atoms with van der Waals surface area (Å²) in [6.07, 6.45) is -0.772. The Morgan fingerprint density at radius 1 is 0.879 bits per heavy atom. The lowest BCUT2D eigenvalue weighted by molar-refractivity contribution is -0.122. The third kappa shape index (κ3) is 4.82. The maximum absolute atomic E-state index is 13.2. The molecule has 5 nitrogen and oxygen atoms in total. The molecule has 0 bridgehead atoms. The van der Waals surface area contributed by atoms with Crippen LogP contribution in [0.4, 0.5) is 5.69 Å². The van der Waals surface area contributed by atoms with E-state index in [1.54, 1.807) is 25.1 Å². The zero-order valence-corrected chi connectivity index (χ0v) is 19.2. The highest BCUT2D eigenvalue weighted by Gasteiger charge is 2.25. The van der Waals surface area contributed by atoms with Gasteiger partial charge < -0.3 is 14.5 Å². The second-order valence-electron chi connectivity index (χ2n) is 8.47. The SMILES string of the molecule is Cc1ccc(C(=O)c2oc3ccccc3c2NC(=O)C(C)Oc2ccc(C(C)C)cc2)cc1. The van der Waals surface area contributed by atoms with Crippen molar-refractivity contribution in [1.82, 2.24) is 0 Å². The second kappa shape index (κ2) is 9.33. The molecule has 0 fully saturated rings. The topological polar surface area (TPSA) is 68.5 Å². The van der Waals surface area contributed by atoms with E-state index in [0.717, 1.165) is 5.56 Å². The number of aryl methyl sites for hydroxylation is 1. The monoisotopic (exact) mass is 441 g/mol. The van der Waals surface area contributed by atoms with Gasteiger partial charge in [0.25, 0.3) is 5.91 Å². The van der Waals surface area contributed by atoms with E-state index in [1.807, 2.05) is 61.5 Å². The highest BCUT2D eigenvalue weighted by molar-refractivity contribution is 6.17. The molecular weight excluding hydrogens is 414 g/mol. The van der Waals surface area contributed by atoms with E-state index in [2.05, 4.69) is 19.2 Å². The Morgan fingerprint density at radius 2 is 1.55 bits per heavy atom. The van der Waals surface area contributed by atoms with Crippen molar-refractivity contribution in [1.29, 1.82) is 0 Å². The summed E-state index contributed by atoms with van der Waals surface area (Å²) in [6.45, 7) is 7.88. The van der Waals surface area contributed by atoms with Gasteiger partial charge in [-0.2, -0.15) is 0 Å². The molecule has 4 rings (SSSR count). The first-order valence-electron chi connectivity index (χ1n) is 11.0. The smallest absolute Gasteiger partial charge is 0.265 e. The average Bonchev–Trinajstić information content (AvgIpc) is 3.17. The van der Waals surface area contributed by atoms with Gasteiger partial charge in [0.1, 0.15) is 11.3 Å². The van der Waals surface area contributed by atoms with E-state index < -0.39 is 6.10 Å². The number of ether oxygens (including phenoxy) is 1. The van der Waals surface area contributed by atoms with E-state index in [4.69, 9.17) is 9.15 Å². The molecule has 4 aromatic rings. The Kier molecular flexibility index (Phi) is 6.31. The lowest BCUT2D eigenvalue weighted by Gasteiger charge is -2.15. The number of anilines is 1. The molecule has 1 N–H and O–H groups in total. The van der Waals surface area contributed by atoms with Crippen LogP contribution in [0.25, 0.3) is 11.0 Å².